The number of carboxylic acid groups (broad SMARTS) is 1. The molecular weight excluding hydrogens is 327 g/mol. The van der Waals surface area contributed by atoms with Gasteiger partial charge in [0.15, 0.2) is 6.10 Å². The van der Waals surface area contributed by atoms with E-state index in [0.717, 1.165) is 5.39 Å². The lowest BCUT2D eigenvalue weighted by Crippen LogP contribution is -2.18. The summed E-state index contributed by atoms with van der Waals surface area (Å²) in [6.07, 6.45) is -1.53. The van der Waals surface area contributed by atoms with E-state index in [2.05, 4.69) is 0 Å². The van der Waals surface area contributed by atoms with Crippen molar-refractivity contribution in [2.75, 3.05) is 0 Å². The maximum atomic E-state index is 12.8. The third-order valence-electron chi connectivity index (χ3n) is 3.65. The second-order valence-electron chi connectivity index (χ2n) is 5.25. The van der Waals surface area contributed by atoms with Gasteiger partial charge in [0.05, 0.1) is 5.30 Å². The lowest BCUT2D eigenvalue weighted by Gasteiger charge is -2.19. The van der Waals surface area contributed by atoms with Gasteiger partial charge in [-0.15, -0.1) is 0 Å². The minimum atomic E-state index is -4.35. The van der Waals surface area contributed by atoms with Crippen LogP contribution in [0.15, 0.2) is 72.8 Å². The number of rotatable bonds is 5. The van der Waals surface area contributed by atoms with E-state index in [1.54, 1.807) is 48.5 Å². The summed E-state index contributed by atoms with van der Waals surface area (Å²) in [6.45, 7) is 0. The Morgan fingerprint density at radius 2 is 1.54 bits per heavy atom. The Kier molecular flexibility index (Phi) is 4.49. The molecule has 2 N–H and O–H groups in total. The Hall–Kier alpha value is -2.46. The van der Waals surface area contributed by atoms with E-state index >= 15 is 0 Å². The fourth-order valence-electron chi connectivity index (χ4n) is 2.53. The van der Waals surface area contributed by atoms with Crippen LogP contribution in [0.1, 0.15) is 11.7 Å². The Bertz CT molecular complexity index is 918. The van der Waals surface area contributed by atoms with E-state index in [1.165, 1.54) is 6.07 Å². The van der Waals surface area contributed by atoms with E-state index in [4.69, 9.17) is 4.52 Å². The quantitative estimate of drug-likeness (QED) is 0.694. The minimum absolute atomic E-state index is 0.0859. The van der Waals surface area contributed by atoms with Crippen molar-refractivity contribution >= 4 is 29.6 Å². The molecule has 0 aliphatic rings. The predicted octanol–water partition coefficient (Wildman–Crippen LogP) is 3.49. The van der Waals surface area contributed by atoms with Gasteiger partial charge >= 0.3 is 13.6 Å². The van der Waals surface area contributed by atoms with E-state index < -0.39 is 19.7 Å². The molecule has 0 aromatic heterocycles. The molecule has 0 saturated heterocycles. The van der Waals surface area contributed by atoms with Crippen molar-refractivity contribution in [3.8, 4) is 0 Å². The molecular formula is C18H15O5P. The molecule has 5 nitrogen and oxygen atoms in total. The molecule has 0 radical (unpaired) electrons. The molecule has 0 aliphatic carbocycles. The zero-order valence-electron chi connectivity index (χ0n) is 12.6. The number of hydrogen-bond donors (Lipinski definition) is 2. The molecule has 0 heterocycles. The van der Waals surface area contributed by atoms with Crippen molar-refractivity contribution in [3.05, 3.63) is 78.4 Å². The van der Waals surface area contributed by atoms with Crippen LogP contribution in [0.25, 0.3) is 10.8 Å². The average molecular weight is 342 g/mol. The van der Waals surface area contributed by atoms with Crippen molar-refractivity contribution in [1.82, 2.24) is 0 Å². The zero-order valence-corrected chi connectivity index (χ0v) is 13.5. The molecule has 24 heavy (non-hydrogen) atoms. The second-order valence-corrected chi connectivity index (χ2v) is 6.99. The largest absolute Gasteiger partial charge is 0.479 e. The second kappa shape index (κ2) is 6.57. The zero-order chi connectivity index (χ0) is 17.2. The maximum absolute atomic E-state index is 12.8. The van der Waals surface area contributed by atoms with Crippen LogP contribution in [-0.4, -0.2) is 16.0 Å². The Morgan fingerprint density at radius 1 is 0.917 bits per heavy atom. The predicted molar refractivity (Wildman–Crippen MR) is 91.3 cm³/mol. The highest BCUT2D eigenvalue weighted by Gasteiger charge is 2.33. The summed E-state index contributed by atoms with van der Waals surface area (Å²) >= 11 is 0. The van der Waals surface area contributed by atoms with Gasteiger partial charge in [-0.05, 0) is 22.4 Å². The standard InChI is InChI=1S/C18H15O5P/c19-18(20)17(14-8-2-1-3-9-14)23-24(21,22)16-12-6-10-13-7-4-5-11-15(13)16/h1-12,17H,(H,19,20)(H,21,22). The van der Waals surface area contributed by atoms with Crippen LogP contribution in [0, 0.1) is 0 Å². The number of carbonyl (C=O) groups is 1. The van der Waals surface area contributed by atoms with Crippen molar-refractivity contribution in [3.63, 3.8) is 0 Å². The molecule has 0 fully saturated rings. The first-order valence-electron chi connectivity index (χ1n) is 7.26. The molecule has 0 aliphatic heterocycles. The number of aliphatic carboxylic acids is 1. The smallest absolute Gasteiger partial charge is 0.360 e. The van der Waals surface area contributed by atoms with Gasteiger partial charge in [0.1, 0.15) is 0 Å². The van der Waals surface area contributed by atoms with Gasteiger partial charge in [-0.25, -0.2) is 4.79 Å². The molecule has 0 bridgehead atoms. The Labute approximate surface area is 138 Å². The molecule has 3 rings (SSSR count). The SMILES string of the molecule is O=C(O)C(OP(=O)(O)c1cccc2ccccc12)c1ccccc1. The maximum Gasteiger partial charge on any atom is 0.360 e. The van der Waals surface area contributed by atoms with Crippen LogP contribution in [0.2, 0.25) is 0 Å². The summed E-state index contributed by atoms with van der Waals surface area (Å²) in [7, 11) is -4.35. The molecule has 6 heteroatoms. The number of carboxylic acids is 1. The lowest BCUT2D eigenvalue weighted by molar-refractivity contribution is -0.145. The normalized spacial score (nSPS) is 14.9. The van der Waals surface area contributed by atoms with Gasteiger partial charge in [0.25, 0.3) is 0 Å². The third kappa shape index (κ3) is 3.24. The Morgan fingerprint density at radius 3 is 2.25 bits per heavy atom. The van der Waals surface area contributed by atoms with Gasteiger partial charge in [0.2, 0.25) is 0 Å². The fraction of sp³-hybridized carbons (Fsp3) is 0.0556. The first-order chi connectivity index (χ1) is 11.5. The molecule has 0 spiro atoms. The fourth-order valence-corrected chi connectivity index (χ4v) is 3.92. The number of fused-ring (bicyclic) bond motifs is 1. The highest BCUT2D eigenvalue weighted by Crippen LogP contribution is 2.47. The van der Waals surface area contributed by atoms with Gasteiger partial charge in [0, 0.05) is 0 Å². The van der Waals surface area contributed by atoms with Gasteiger partial charge < -0.3 is 10.00 Å². The molecule has 0 amide bonds. The molecule has 0 saturated carbocycles. The summed E-state index contributed by atoms with van der Waals surface area (Å²) in [6, 6.07) is 20.1. The lowest BCUT2D eigenvalue weighted by atomic mass is 10.1. The number of benzene rings is 3. The summed E-state index contributed by atoms with van der Waals surface area (Å²) in [5.41, 5.74) is 0.305. The third-order valence-corrected chi connectivity index (χ3v) is 5.14. The van der Waals surface area contributed by atoms with Crippen molar-refractivity contribution < 1.29 is 23.9 Å². The summed E-state index contributed by atoms with van der Waals surface area (Å²) in [5, 5.41) is 10.8. The number of hydrogen-bond acceptors (Lipinski definition) is 3. The van der Waals surface area contributed by atoms with Crippen LogP contribution in [-0.2, 0) is 13.9 Å². The summed E-state index contributed by atoms with van der Waals surface area (Å²) in [5.74, 6) is -1.32. The van der Waals surface area contributed by atoms with E-state index in [9.17, 15) is 19.4 Å². The van der Waals surface area contributed by atoms with E-state index in [1.807, 2.05) is 18.2 Å². The van der Waals surface area contributed by atoms with Crippen LogP contribution < -0.4 is 5.30 Å². The van der Waals surface area contributed by atoms with Crippen molar-refractivity contribution in [2.24, 2.45) is 0 Å². The van der Waals surface area contributed by atoms with Crippen LogP contribution >= 0.6 is 7.60 Å². The molecule has 122 valence electrons. The highest BCUT2D eigenvalue weighted by atomic mass is 31.2. The molecule has 2 atom stereocenters. The van der Waals surface area contributed by atoms with E-state index in [-0.39, 0.29) is 5.30 Å². The van der Waals surface area contributed by atoms with Gasteiger partial charge in [-0.2, -0.15) is 0 Å². The van der Waals surface area contributed by atoms with Crippen molar-refractivity contribution in [1.29, 1.82) is 0 Å². The molecule has 2 unspecified atom stereocenters. The summed E-state index contributed by atoms with van der Waals surface area (Å²) in [4.78, 5) is 21.9. The highest BCUT2D eigenvalue weighted by molar-refractivity contribution is 7.61. The molecule has 3 aromatic carbocycles. The minimum Gasteiger partial charge on any atom is -0.479 e. The average Bonchev–Trinajstić information content (AvgIpc) is 2.60. The van der Waals surface area contributed by atoms with Crippen LogP contribution in [0.5, 0.6) is 0 Å². The van der Waals surface area contributed by atoms with Crippen LogP contribution in [0.4, 0.5) is 0 Å². The first kappa shape index (κ1) is 16.4. The summed E-state index contributed by atoms with van der Waals surface area (Å²) < 4.78 is 18.0. The Balaban J connectivity index is 2.03. The van der Waals surface area contributed by atoms with Crippen molar-refractivity contribution in [2.45, 2.75) is 6.10 Å². The topological polar surface area (TPSA) is 83.8 Å². The molecule has 3 aromatic rings. The van der Waals surface area contributed by atoms with E-state index in [0.29, 0.717) is 10.9 Å². The van der Waals surface area contributed by atoms with Crippen LogP contribution in [0.3, 0.4) is 0 Å². The monoisotopic (exact) mass is 342 g/mol. The first-order valence-corrected chi connectivity index (χ1v) is 8.84. The van der Waals surface area contributed by atoms with Gasteiger partial charge in [-0.1, -0.05) is 66.7 Å². The van der Waals surface area contributed by atoms with Gasteiger partial charge in [-0.3, -0.25) is 9.09 Å².